The molecular weight excluding hydrogens is 220 g/mol. The summed E-state index contributed by atoms with van der Waals surface area (Å²) in [5.74, 6) is -0.0860. The van der Waals surface area contributed by atoms with Crippen LogP contribution in [0.2, 0.25) is 0 Å². The van der Waals surface area contributed by atoms with Gasteiger partial charge in [-0.2, -0.15) is 0 Å². The third-order valence-electron chi connectivity index (χ3n) is 3.00. The molecule has 1 aliphatic heterocycles. The summed E-state index contributed by atoms with van der Waals surface area (Å²) >= 11 is 0. The highest BCUT2D eigenvalue weighted by Crippen LogP contribution is 2.30. The maximum Gasteiger partial charge on any atom is 0.275 e. The first kappa shape index (κ1) is 11.6. The molecule has 0 radical (unpaired) electrons. The molecule has 90 valence electrons. The Morgan fingerprint density at radius 3 is 2.88 bits per heavy atom. The van der Waals surface area contributed by atoms with Crippen LogP contribution in [0.3, 0.4) is 0 Å². The summed E-state index contributed by atoms with van der Waals surface area (Å²) in [6.45, 7) is 3.09. The van der Waals surface area contributed by atoms with Crippen LogP contribution in [0.1, 0.15) is 35.7 Å². The van der Waals surface area contributed by atoms with E-state index in [1.807, 2.05) is 0 Å². The van der Waals surface area contributed by atoms with Crippen molar-refractivity contribution >= 4 is 11.6 Å². The Bertz CT molecular complexity index is 471. The Hall–Kier alpha value is -1.91. The lowest BCUT2D eigenvalue weighted by molar-refractivity contribution is -0.385. The SMILES string of the molecule is CCCCN1Cc2c(cccc2[N+](=O)[O-])C1=O. The minimum atomic E-state index is -0.421. The number of unbranched alkanes of at least 4 members (excludes halogenated alkanes) is 1. The van der Waals surface area contributed by atoms with E-state index in [0.717, 1.165) is 12.8 Å². The molecule has 17 heavy (non-hydrogen) atoms. The van der Waals surface area contributed by atoms with Crippen LogP contribution in [-0.2, 0) is 6.54 Å². The molecule has 0 N–H and O–H groups in total. The zero-order valence-corrected chi connectivity index (χ0v) is 9.68. The van der Waals surface area contributed by atoms with E-state index >= 15 is 0 Å². The second-order valence-corrected chi connectivity index (χ2v) is 4.14. The molecule has 1 heterocycles. The summed E-state index contributed by atoms with van der Waals surface area (Å²) in [5.41, 5.74) is 1.09. The van der Waals surface area contributed by atoms with Crippen molar-refractivity contribution in [1.29, 1.82) is 0 Å². The van der Waals surface area contributed by atoms with Crippen molar-refractivity contribution in [3.8, 4) is 0 Å². The molecule has 0 atom stereocenters. The first-order valence-corrected chi connectivity index (χ1v) is 5.70. The van der Waals surface area contributed by atoms with Crippen LogP contribution in [0.15, 0.2) is 18.2 Å². The fraction of sp³-hybridized carbons (Fsp3) is 0.417. The van der Waals surface area contributed by atoms with Crippen molar-refractivity contribution in [2.24, 2.45) is 0 Å². The first-order valence-electron chi connectivity index (χ1n) is 5.70. The zero-order valence-electron chi connectivity index (χ0n) is 9.68. The fourth-order valence-corrected chi connectivity index (χ4v) is 2.07. The van der Waals surface area contributed by atoms with Crippen molar-refractivity contribution in [3.05, 3.63) is 39.4 Å². The van der Waals surface area contributed by atoms with Crippen molar-refractivity contribution in [3.63, 3.8) is 0 Å². The normalized spacial score (nSPS) is 13.9. The summed E-state index contributed by atoms with van der Waals surface area (Å²) in [4.78, 5) is 24.1. The van der Waals surface area contributed by atoms with E-state index in [4.69, 9.17) is 0 Å². The number of nitro groups is 1. The van der Waals surface area contributed by atoms with Crippen molar-refractivity contribution in [2.45, 2.75) is 26.3 Å². The van der Waals surface area contributed by atoms with Crippen LogP contribution in [0.5, 0.6) is 0 Å². The monoisotopic (exact) mass is 234 g/mol. The number of nitro benzene ring substituents is 1. The fourth-order valence-electron chi connectivity index (χ4n) is 2.07. The second kappa shape index (κ2) is 4.53. The number of benzene rings is 1. The van der Waals surface area contributed by atoms with E-state index in [1.165, 1.54) is 6.07 Å². The molecule has 5 heteroatoms. The molecule has 1 aromatic rings. The third-order valence-corrected chi connectivity index (χ3v) is 3.00. The van der Waals surface area contributed by atoms with Gasteiger partial charge in [-0.3, -0.25) is 14.9 Å². The lowest BCUT2D eigenvalue weighted by atomic mass is 10.1. The minimum Gasteiger partial charge on any atom is -0.334 e. The Labute approximate surface area is 99.2 Å². The molecular formula is C12H14N2O3. The number of rotatable bonds is 4. The quantitative estimate of drug-likeness (QED) is 0.593. The van der Waals surface area contributed by atoms with E-state index in [-0.39, 0.29) is 11.6 Å². The predicted molar refractivity (Wildman–Crippen MR) is 62.7 cm³/mol. The van der Waals surface area contributed by atoms with E-state index in [2.05, 4.69) is 6.92 Å². The van der Waals surface area contributed by atoms with Crippen LogP contribution < -0.4 is 0 Å². The van der Waals surface area contributed by atoms with Gasteiger partial charge in [0.15, 0.2) is 0 Å². The van der Waals surface area contributed by atoms with Crippen LogP contribution in [-0.4, -0.2) is 22.3 Å². The summed E-state index contributed by atoms with van der Waals surface area (Å²) in [6.07, 6.45) is 1.93. The van der Waals surface area contributed by atoms with E-state index < -0.39 is 4.92 Å². The van der Waals surface area contributed by atoms with Crippen molar-refractivity contribution in [2.75, 3.05) is 6.54 Å². The summed E-state index contributed by atoms with van der Waals surface area (Å²) in [5, 5.41) is 10.9. The molecule has 2 rings (SSSR count). The van der Waals surface area contributed by atoms with Gasteiger partial charge in [-0.25, -0.2) is 0 Å². The molecule has 0 spiro atoms. The smallest absolute Gasteiger partial charge is 0.275 e. The topological polar surface area (TPSA) is 63.4 Å². The van der Waals surface area contributed by atoms with Gasteiger partial charge in [-0.1, -0.05) is 19.4 Å². The Balaban J connectivity index is 2.31. The van der Waals surface area contributed by atoms with Crippen LogP contribution in [0.4, 0.5) is 5.69 Å². The number of hydrogen-bond acceptors (Lipinski definition) is 3. The molecule has 0 aromatic heterocycles. The van der Waals surface area contributed by atoms with Gasteiger partial charge in [-0.15, -0.1) is 0 Å². The number of carbonyl (C=O) groups excluding carboxylic acids is 1. The number of fused-ring (bicyclic) bond motifs is 1. The molecule has 1 amide bonds. The number of carbonyl (C=O) groups is 1. The highest BCUT2D eigenvalue weighted by atomic mass is 16.6. The molecule has 0 saturated heterocycles. The minimum absolute atomic E-state index is 0.0508. The number of amides is 1. The third kappa shape index (κ3) is 2.00. The number of nitrogens with zero attached hydrogens (tertiary/aromatic N) is 2. The van der Waals surface area contributed by atoms with E-state index in [1.54, 1.807) is 17.0 Å². The Kier molecular flexibility index (Phi) is 3.08. The lowest BCUT2D eigenvalue weighted by Gasteiger charge is -2.14. The van der Waals surface area contributed by atoms with Crippen molar-refractivity contribution < 1.29 is 9.72 Å². The maximum atomic E-state index is 12.0. The van der Waals surface area contributed by atoms with E-state index in [0.29, 0.717) is 24.2 Å². The highest BCUT2D eigenvalue weighted by Gasteiger charge is 2.32. The summed E-state index contributed by atoms with van der Waals surface area (Å²) in [6, 6.07) is 4.68. The van der Waals surface area contributed by atoms with Gasteiger partial charge in [0.05, 0.1) is 22.6 Å². The first-order chi connectivity index (χ1) is 8.15. The van der Waals surface area contributed by atoms with Gasteiger partial charge in [0.25, 0.3) is 11.6 Å². The molecule has 0 unspecified atom stereocenters. The van der Waals surface area contributed by atoms with E-state index in [9.17, 15) is 14.9 Å². The van der Waals surface area contributed by atoms with Crippen LogP contribution in [0.25, 0.3) is 0 Å². The molecule has 0 saturated carbocycles. The largest absolute Gasteiger partial charge is 0.334 e. The lowest BCUT2D eigenvalue weighted by Crippen LogP contribution is -2.24. The van der Waals surface area contributed by atoms with Gasteiger partial charge < -0.3 is 4.90 Å². The van der Waals surface area contributed by atoms with Gasteiger partial charge >= 0.3 is 0 Å². The molecule has 0 bridgehead atoms. The van der Waals surface area contributed by atoms with Gasteiger partial charge in [0.1, 0.15) is 0 Å². The zero-order chi connectivity index (χ0) is 12.4. The highest BCUT2D eigenvalue weighted by molar-refractivity contribution is 5.99. The molecule has 1 aromatic carbocycles. The summed E-state index contributed by atoms with van der Waals surface area (Å²) < 4.78 is 0. The van der Waals surface area contributed by atoms with Crippen LogP contribution in [0, 0.1) is 10.1 Å². The molecule has 0 aliphatic carbocycles. The number of hydrogen-bond donors (Lipinski definition) is 0. The van der Waals surface area contributed by atoms with Gasteiger partial charge in [0.2, 0.25) is 0 Å². The Morgan fingerprint density at radius 2 is 2.24 bits per heavy atom. The molecule has 1 aliphatic rings. The molecule has 5 nitrogen and oxygen atoms in total. The van der Waals surface area contributed by atoms with Crippen LogP contribution >= 0.6 is 0 Å². The molecule has 0 fully saturated rings. The van der Waals surface area contributed by atoms with Gasteiger partial charge in [0, 0.05) is 12.6 Å². The Morgan fingerprint density at radius 1 is 1.47 bits per heavy atom. The summed E-state index contributed by atoms with van der Waals surface area (Å²) in [7, 11) is 0. The second-order valence-electron chi connectivity index (χ2n) is 4.14. The maximum absolute atomic E-state index is 12.0. The average Bonchev–Trinajstić information content (AvgIpc) is 2.63. The standard InChI is InChI=1S/C12H14N2O3/c1-2-3-7-13-8-10-9(12(13)15)5-4-6-11(10)14(16)17/h4-6H,2-3,7-8H2,1H3. The predicted octanol–water partition coefficient (Wildman–Crippen LogP) is 2.35. The van der Waals surface area contributed by atoms with Crippen molar-refractivity contribution in [1.82, 2.24) is 4.90 Å². The average molecular weight is 234 g/mol. The van der Waals surface area contributed by atoms with Gasteiger partial charge in [-0.05, 0) is 12.5 Å².